The molecule has 0 amide bonds. The maximum absolute atomic E-state index is 12.4. The predicted molar refractivity (Wildman–Crippen MR) is 70.6 cm³/mol. The van der Waals surface area contributed by atoms with Crippen molar-refractivity contribution in [2.45, 2.75) is 22.6 Å². The van der Waals surface area contributed by atoms with Crippen LogP contribution in [-0.4, -0.2) is 4.21 Å². The molecule has 1 nitrogen and oxygen atoms in total. The van der Waals surface area contributed by atoms with Crippen LogP contribution < -0.4 is 0 Å². The lowest BCUT2D eigenvalue weighted by Crippen LogP contribution is -2.06. The molecule has 0 spiro atoms. The molecule has 0 saturated carbocycles. The molecule has 1 aromatic heterocycles. The van der Waals surface area contributed by atoms with E-state index in [0.717, 1.165) is 16.3 Å². The van der Waals surface area contributed by atoms with Crippen LogP contribution in [0.3, 0.4) is 0 Å². The topological polar surface area (TPSA) is 17.1 Å². The fraction of sp³-hybridized carbons (Fsp3) is 0.231. The molecule has 2 rings (SSSR count). The average molecular weight is 304 g/mol. The van der Waals surface area contributed by atoms with Gasteiger partial charge < -0.3 is 0 Å². The summed E-state index contributed by atoms with van der Waals surface area (Å²) >= 11 is 1.38. The lowest BCUT2D eigenvalue weighted by atomic mass is 10.1. The summed E-state index contributed by atoms with van der Waals surface area (Å²) in [5, 5.41) is 1.49. The molecule has 0 saturated heterocycles. The molecule has 19 heavy (non-hydrogen) atoms. The average Bonchev–Trinajstić information content (AvgIpc) is 2.90. The first kappa shape index (κ1) is 14.3. The van der Waals surface area contributed by atoms with Crippen molar-refractivity contribution in [3.8, 4) is 0 Å². The van der Waals surface area contributed by atoms with E-state index in [-0.39, 0.29) is 5.25 Å². The van der Waals surface area contributed by atoms with Crippen LogP contribution in [0.5, 0.6) is 0 Å². The fourth-order valence-corrected chi connectivity index (χ4v) is 4.01. The largest absolute Gasteiger partial charge is 0.416 e. The minimum absolute atomic E-state index is 0.332. The number of thiophene rings is 1. The highest BCUT2D eigenvalue weighted by Crippen LogP contribution is 2.32. The van der Waals surface area contributed by atoms with Gasteiger partial charge >= 0.3 is 6.18 Å². The molecule has 2 atom stereocenters. The summed E-state index contributed by atoms with van der Waals surface area (Å²) in [5.41, 5.74) is -0.0508. The highest BCUT2D eigenvalue weighted by Gasteiger charge is 2.30. The first-order chi connectivity index (χ1) is 8.89. The van der Waals surface area contributed by atoms with Crippen molar-refractivity contribution in [2.75, 3.05) is 0 Å². The molecule has 0 fully saturated rings. The van der Waals surface area contributed by atoms with Crippen LogP contribution in [0, 0.1) is 0 Å². The van der Waals surface area contributed by atoms with Crippen LogP contribution in [0.1, 0.15) is 23.3 Å². The molecule has 102 valence electrons. The second kappa shape index (κ2) is 5.46. The van der Waals surface area contributed by atoms with Gasteiger partial charge in [0, 0.05) is 0 Å². The van der Waals surface area contributed by atoms with Gasteiger partial charge in [-0.3, -0.25) is 4.21 Å². The third-order valence-electron chi connectivity index (χ3n) is 2.72. The normalized spacial score (nSPS) is 15.2. The van der Waals surface area contributed by atoms with Gasteiger partial charge in [0.05, 0.1) is 25.8 Å². The monoisotopic (exact) mass is 304 g/mol. The van der Waals surface area contributed by atoms with Crippen molar-refractivity contribution in [3.05, 3.63) is 52.9 Å². The van der Waals surface area contributed by atoms with Crippen LogP contribution in [0.2, 0.25) is 0 Å². The van der Waals surface area contributed by atoms with Crippen LogP contribution >= 0.6 is 11.3 Å². The van der Waals surface area contributed by atoms with E-state index in [1.807, 2.05) is 5.38 Å². The summed E-state index contributed by atoms with van der Waals surface area (Å²) in [6, 6.07) is 8.39. The number of hydrogen-bond acceptors (Lipinski definition) is 2. The number of benzene rings is 1. The van der Waals surface area contributed by atoms with Gasteiger partial charge in [-0.15, -0.1) is 11.3 Å². The van der Waals surface area contributed by atoms with Gasteiger partial charge in [0.25, 0.3) is 0 Å². The molecule has 0 bridgehead atoms. The molecule has 6 heteroatoms. The number of hydrogen-bond donors (Lipinski definition) is 0. The molecular weight excluding hydrogens is 293 g/mol. The minimum atomic E-state index is -4.34. The maximum atomic E-state index is 12.4. The van der Waals surface area contributed by atoms with Crippen molar-refractivity contribution in [3.63, 3.8) is 0 Å². The van der Waals surface area contributed by atoms with Crippen LogP contribution in [0.15, 0.2) is 46.0 Å². The summed E-state index contributed by atoms with van der Waals surface area (Å²) in [6.07, 6.45) is -4.34. The molecule has 0 unspecified atom stereocenters. The smallest absolute Gasteiger partial charge is 0.253 e. The van der Waals surface area contributed by atoms with Crippen molar-refractivity contribution < 1.29 is 17.4 Å². The van der Waals surface area contributed by atoms with Crippen molar-refractivity contribution >= 4 is 22.1 Å². The standard InChI is InChI=1S/C13H11F3OS2/c1-9(19(17)12-3-2-8-18-12)10-4-6-11(7-5-10)13(14,15)16/h2-9H,1H3/t9-,19-/m1/s1. The molecule has 1 aromatic carbocycles. The Balaban J connectivity index is 2.21. The zero-order chi connectivity index (χ0) is 14.0. The van der Waals surface area contributed by atoms with Gasteiger partial charge in [0.2, 0.25) is 0 Å². The highest BCUT2D eigenvalue weighted by atomic mass is 32.2. The Bertz CT molecular complexity index is 559. The summed E-state index contributed by atoms with van der Waals surface area (Å²) < 4.78 is 50.2. The van der Waals surface area contributed by atoms with Crippen molar-refractivity contribution in [1.29, 1.82) is 0 Å². The molecule has 2 aromatic rings. The highest BCUT2D eigenvalue weighted by molar-refractivity contribution is 7.87. The second-order valence-corrected chi connectivity index (χ2v) is 6.94. The summed E-state index contributed by atoms with van der Waals surface area (Å²) in [7, 11) is -1.24. The lowest BCUT2D eigenvalue weighted by molar-refractivity contribution is -0.137. The first-order valence-corrected chi connectivity index (χ1v) is 7.60. The van der Waals surface area contributed by atoms with Crippen LogP contribution in [0.4, 0.5) is 13.2 Å². The molecule has 0 aliphatic carbocycles. The van der Waals surface area contributed by atoms with E-state index in [2.05, 4.69) is 0 Å². The van der Waals surface area contributed by atoms with Gasteiger partial charge in [-0.2, -0.15) is 13.2 Å². The maximum Gasteiger partial charge on any atom is 0.416 e. The van der Waals surface area contributed by atoms with Crippen molar-refractivity contribution in [1.82, 2.24) is 0 Å². The summed E-state index contributed by atoms with van der Waals surface area (Å²) in [4.78, 5) is 0. The van der Waals surface area contributed by atoms with E-state index >= 15 is 0 Å². The first-order valence-electron chi connectivity index (χ1n) is 5.51. The number of alkyl halides is 3. The van der Waals surface area contributed by atoms with Gasteiger partial charge in [-0.05, 0) is 36.1 Å². The number of halogens is 3. The van der Waals surface area contributed by atoms with Crippen LogP contribution in [-0.2, 0) is 17.0 Å². The Morgan fingerprint density at radius 2 is 1.79 bits per heavy atom. The Hall–Kier alpha value is -1.14. The molecule has 0 aliphatic heterocycles. The molecule has 0 aliphatic rings. The van der Waals surface area contributed by atoms with E-state index in [1.165, 1.54) is 23.5 Å². The van der Waals surface area contributed by atoms with E-state index in [1.54, 1.807) is 19.1 Å². The summed E-state index contributed by atoms with van der Waals surface area (Å²) in [5.74, 6) is 0. The van der Waals surface area contributed by atoms with Crippen LogP contribution in [0.25, 0.3) is 0 Å². The third-order valence-corrected chi connectivity index (χ3v) is 5.61. The van der Waals surface area contributed by atoms with E-state index in [4.69, 9.17) is 0 Å². The van der Waals surface area contributed by atoms with Gasteiger partial charge in [-0.1, -0.05) is 18.2 Å². The minimum Gasteiger partial charge on any atom is -0.253 e. The number of rotatable bonds is 3. The Morgan fingerprint density at radius 1 is 1.16 bits per heavy atom. The Labute approximate surface area is 115 Å². The van der Waals surface area contributed by atoms with Crippen molar-refractivity contribution in [2.24, 2.45) is 0 Å². The second-order valence-electron chi connectivity index (χ2n) is 3.99. The third kappa shape index (κ3) is 3.25. The zero-order valence-corrected chi connectivity index (χ0v) is 11.6. The van der Waals surface area contributed by atoms with E-state index in [0.29, 0.717) is 5.56 Å². The molecule has 0 radical (unpaired) electrons. The van der Waals surface area contributed by atoms with E-state index in [9.17, 15) is 17.4 Å². The fourth-order valence-electron chi connectivity index (χ4n) is 1.62. The predicted octanol–water partition coefficient (Wildman–Crippen LogP) is 4.64. The lowest BCUT2D eigenvalue weighted by Gasteiger charge is -2.12. The Kier molecular flexibility index (Phi) is 4.10. The van der Waals surface area contributed by atoms with Gasteiger partial charge in [-0.25, -0.2) is 0 Å². The van der Waals surface area contributed by atoms with E-state index < -0.39 is 22.5 Å². The SMILES string of the molecule is C[C@H](c1ccc(C(F)(F)F)cc1)[S@@](=O)c1cccs1. The molecule has 1 heterocycles. The molecule has 0 N–H and O–H groups in total. The quantitative estimate of drug-likeness (QED) is 0.807. The van der Waals surface area contributed by atoms with Gasteiger partial charge in [0.1, 0.15) is 0 Å². The van der Waals surface area contributed by atoms with Gasteiger partial charge in [0.15, 0.2) is 0 Å². The Morgan fingerprint density at radius 3 is 2.26 bits per heavy atom. The summed E-state index contributed by atoms with van der Waals surface area (Å²) in [6.45, 7) is 1.75. The zero-order valence-electron chi connectivity index (χ0n) is 9.98. The molecular formula is C13H11F3OS2.